The number of carbonyl (C=O) groups excluding carboxylic acids is 1. The Morgan fingerprint density at radius 3 is 2.05 bits per heavy atom. The molecule has 1 aromatic rings. The minimum absolute atomic E-state index is 0.000809. The summed E-state index contributed by atoms with van der Waals surface area (Å²) in [6.07, 6.45) is 4.58. The number of hydrogen-bond donors (Lipinski definition) is 0. The number of rotatable bonds is 7. The number of hydrogen-bond acceptors (Lipinski definition) is 5. The summed E-state index contributed by atoms with van der Waals surface area (Å²) in [7, 11) is -7.71. The zero-order valence-corrected chi connectivity index (χ0v) is 25.0. The zero-order chi connectivity index (χ0) is 28.0. The molecule has 1 saturated heterocycles. The lowest BCUT2D eigenvalue weighted by Crippen LogP contribution is -2.47. The molecule has 2 aliphatic rings. The van der Waals surface area contributed by atoms with Crippen LogP contribution in [0.25, 0.3) is 0 Å². The minimum atomic E-state index is -5.85. The van der Waals surface area contributed by atoms with E-state index < -0.39 is 29.7 Å². The van der Waals surface area contributed by atoms with E-state index in [0.717, 1.165) is 37.8 Å². The van der Waals surface area contributed by atoms with E-state index in [-0.39, 0.29) is 45.5 Å². The highest BCUT2D eigenvalue weighted by Crippen LogP contribution is 2.41. The summed E-state index contributed by atoms with van der Waals surface area (Å²) in [6, 6.07) is 2.07. The van der Waals surface area contributed by atoms with Crippen molar-refractivity contribution < 1.29 is 35.0 Å². The Hall–Kier alpha value is -1.01. The summed E-state index contributed by atoms with van der Waals surface area (Å²) in [6.45, 7) is 11.8. The first-order valence-electron chi connectivity index (χ1n) is 12.3. The van der Waals surface area contributed by atoms with Crippen molar-refractivity contribution in [3.8, 4) is 5.75 Å². The van der Waals surface area contributed by atoms with Crippen molar-refractivity contribution >= 4 is 47.5 Å². The smallest absolute Gasteiger partial charge is 0.414 e. The Morgan fingerprint density at radius 1 is 1.03 bits per heavy atom. The van der Waals surface area contributed by atoms with E-state index >= 15 is 0 Å². The molecule has 1 heterocycles. The third-order valence-corrected chi connectivity index (χ3v) is 13.9. The molecule has 2 fully saturated rings. The van der Waals surface area contributed by atoms with Gasteiger partial charge in [-0.25, -0.2) is 0 Å². The lowest BCUT2D eigenvalue weighted by Gasteiger charge is -2.42. The van der Waals surface area contributed by atoms with Crippen molar-refractivity contribution in [2.75, 3.05) is 6.54 Å². The normalized spacial score (nSPS) is 24.0. The molecule has 0 N–H and O–H groups in total. The van der Waals surface area contributed by atoms with Crippen LogP contribution in [0.2, 0.25) is 28.2 Å². The van der Waals surface area contributed by atoms with Gasteiger partial charge in [-0.1, -0.05) is 44.0 Å². The molecule has 0 bridgehead atoms. The molecule has 210 valence electrons. The van der Waals surface area contributed by atoms with E-state index in [0.29, 0.717) is 18.5 Å². The third kappa shape index (κ3) is 6.95. The topological polar surface area (TPSA) is 72.9 Å². The largest absolute Gasteiger partial charge is 0.534 e. The van der Waals surface area contributed by atoms with Crippen molar-refractivity contribution in [3.05, 3.63) is 27.7 Å². The van der Waals surface area contributed by atoms with Gasteiger partial charge in [-0.3, -0.25) is 4.79 Å². The van der Waals surface area contributed by atoms with E-state index in [1.807, 2.05) is 4.90 Å². The zero-order valence-electron chi connectivity index (χ0n) is 21.6. The van der Waals surface area contributed by atoms with Gasteiger partial charge in [0, 0.05) is 46.8 Å². The molecule has 1 saturated carbocycles. The van der Waals surface area contributed by atoms with Gasteiger partial charge in [0.25, 0.3) is 0 Å². The molecule has 6 nitrogen and oxygen atoms in total. The fraction of sp³-hybridized carbons (Fsp3) is 0.708. The first kappa shape index (κ1) is 30.5. The summed E-state index contributed by atoms with van der Waals surface area (Å²) in [5.74, 6) is -1.02. The molecular formula is C24H34Cl2F3NO5SSi. The van der Waals surface area contributed by atoms with Gasteiger partial charge in [-0.05, 0) is 62.2 Å². The molecule has 1 aromatic carbocycles. The molecule has 1 amide bonds. The number of amides is 1. The third-order valence-electron chi connectivity index (χ3n) is 7.76. The van der Waals surface area contributed by atoms with E-state index in [1.165, 1.54) is 0 Å². The first-order chi connectivity index (χ1) is 16.8. The Morgan fingerprint density at radius 2 is 1.57 bits per heavy atom. The van der Waals surface area contributed by atoms with Gasteiger partial charge in [0.2, 0.25) is 5.91 Å². The van der Waals surface area contributed by atoms with Gasteiger partial charge in [-0.2, -0.15) is 21.6 Å². The lowest BCUT2D eigenvalue weighted by atomic mass is 9.92. The minimum Gasteiger partial charge on any atom is -0.414 e. The Balaban J connectivity index is 1.61. The maximum Gasteiger partial charge on any atom is 0.534 e. The van der Waals surface area contributed by atoms with E-state index in [1.54, 1.807) is 0 Å². The molecule has 1 aliphatic heterocycles. The van der Waals surface area contributed by atoms with Crippen LogP contribution in [0.1, 0.15) is 58.4 Å². The molecule has 0 spiro atoms. The number of likely N-dealkylation sites (tertiary alicyclic amines) is 1. The number of carbonyl (C=O) groups is 1. The summed E-state index contributed by atoms with van der Waals surface area (Å²) >= 11 is 12.4. The summed E-state index contributed by atoms with van der Waals surface area (Å²) < 4.78 is 71.1. The van der Waals surface area contributed by atoms with Crippen LogP contribution in [0.4, 0.5) is 13.2 Å². The molecule has 3 rings (SSSR count). The second-order valence-electron chi connectivity index (χ2n) is 11.4. The van der Waals surface area contributed by atoms with E-state index in [9.17, 15) is 26.4 Å². The lowest BCUT2D eigenvalue weighted by molar-refractivity contribution is -0.133. The number of nitrogens with zero attached hydrogens (tertiary/aromatic N) is 1. The Bertz CT molecular complexity index is 1090. The van der Waals surface area contributed by atoms with Gasteiger partial charge in [0.1, 0.15) is 5.75 Å². The standard InChI is InChI=1S/C24H34Cl2F3NO5SSi/c1-23(2,3)37(4,5)35-17-8-6-16(7-9-17)30-11-10-15(22(30)31)12-19-20(25)13-18(14-21(19)26)34-36(32,33)24(27,28)29/h13-17H,6-12H2,1-5H3. The van der Waals surface area contributed by atoms with Crippen LogP contribution >= 0.6 is 23.2 Å². The second-order valence-corrected chi connectivity index (χ2v) is 18.5. The Labute approximate surface area is 228 Å². The van der Waals surface area contributed by atoms with Crippen molar-refractivity contribution in [1.29, 1.82) is 0 Å². The van der Waals surface area contributed by atoms with Crippen LogP contribution in [0.3, 0.4) is 0 Å². The average molecular weight is 605 g/mol. The molecular weight excluding hydrogens is 570 g/mol. The van der Waals surface area contributed by atoms with Gasteiger partial charge in [0.05, 0.1) is 0 Å². The van der Waals surface area contributed by atoms with Gasteiger partial charge >= 0.3 is 15.6 Å². The van der Waals surface area contributed by atoms with Crippen molar-refractivity contribution in [2.24, 2.45) is 5.92 Å². The SMILES string of the molecule is CC(C)(C)[Si](C)(C)OC1CCC(N2CCC(Cc3c(Cl)cc(OS(=O)(=O)C(F)(F)F)cc3Cl)C2=O)CC1. The average Bonchev–Trinajstić information content (AvgIpc) is 3.09. The van der Waals surface area contributed by atoms with Gasteiger partial charge in [-0.15, -0.1) is 0 Å². The quantitative estimate of drug-likeness (QED) is 0.192. The van der Waals surface area contributed by atoms with Crippen LogP contribution in [-0.4, -0.2) is 51.7 Å². The monoisotopic (exact) mass is 603 g/mol. The predicted octanol–water partition coefficient (Wildman–Crippen LogP) is 6.95. The van der Waals surface area contributed by atoms with Crippen LogP contribution in [0, 0.1) is 5.92 Å². The molecule has 1 atom stereocenters. The summed E-state index contributed by atoms with van der Waals surface area (Å²) in [5.41, 5.74) is -5.22. The van der Waals surface area contributed by atoms with Crippen LogP contribution < -0.4 is 4.18 Å². The van der Waals surface area contributed by atoms with Crippen molar-refractivity contribution in [1.82, 2.24) is 4.90 Å². The molecule has 37 heavy (non-hydrogen) atoms. The van der Waals surface area contributed by atoms with Crippen molar-refractivity contribution in [3.63, 3.8) is 0 Å². The maximum absolute atomic E-state index is 13.2. The maximum atomic E-state index is 13.2. The highest BCUT2D eigenvalue weighted by molar-refractivity contribution is 7.88. The number of halogens is 5. The second kappa shape index (κ2) is 10.9. The predicted molar refractivity (Wildman–Crippen MR) is 140 cm³/mol. The number of benzene rings is 1. The van der Waals surface area contributed by atoms with Gasteiger partial charge < -0.3 is 13.5 Å². The van der Waals surface area contributed by atoms with Crippen molar-refractivity contribution in [2.45, 2.75) is 95.1 Å². The molecule has 1 aliphatic carbocycles. The summed E-state index contributed by atoms with van der Waals surface area (Å²) in [5, 5.41) is 0.0189. The Kier molecular flexibility index (Phi) is 8.96. The van der Waals surface area contributed by atoms with E-state index in [2.05, 4.69) is 38.0 Å². The summed E-state index contributed by atoms with van der Waals surface area (Å²) in [4.78, 5) is 15.1. The van der Waals surface area contributed by atoms with Crippen LogP contribution in [-0.2, 0) is 25.8 Å². The fourth-order valence-electron chi connectivity index (χ4n) is 4.63. The molecule has 13 heteroatoms. The number of alkyl halides is 3. The fourth-order valence-corrected chi connectivity index (χ4v) is 7.11. The van der Waals surface area contributed by atoms with Crippen LogP contribution in [0.15, 0.2) is 12.1 Å². The van der Waals surface area contributed by atoms with Crippen LogP contribution in [0.5, 0.6) is 5.75 Å². The first-order valence-corrected chi connectivity index (χ1v) is 17.4. The highest BCUT2D eigenvalue weighted by Gasteiger charge is 2.49. The molecule has 0 aromatic heterocycles. The molecule has 1 unspecified atom stereocenters. The van der Waals surface area contributed by atoms with Gasteiger partial charge in [0.15, 0.2) is 8.32 Å². The molecule has 0 radical (unpaired) electrons. The highest BCUT2D eigenvalue weighted by atomic mass is 35.5. The van der Waals surface area contributed by atoms with E-state index in [4.69, 9.17) is 27.6 Å².